The Hall–Kier alpha value is -2.86. The smallest absolute Gasteiger partial charge is 0.338 e. The van der Waals surface area contributed by atoms with Crippen LogP contribution >= 0.6 is 11.6 Å². The SMILES string of the molecule is C[C@@H](NC(=O)COC(=O)c1ccc(Cl)c(N2CCCC2=O)c1)c1ccccc1. The number of hydrogen-bond acceptors (Lipinski definition) is 4. The lowest BCUT2D eigenvalue weighted by atomic mass is 10.1. The van der Waals surface area contributed by atoms with Gasteiger partial charge in [-0.1, -0.05) is 41.9 Å². The Kier molecular flexibility index (Phi) is 6.31. The molecule has 146 valence electrons. The molecule has 1 heterocycles. The van der Waals surface area contributed by atoms with Crippen molar-refractivity contribution in [3.05, 3.63) is 64.7 Å². The van der Waals surface area contributed by atoms with E-state index in [0.717, 1.165) is 12.0 Å². The molecule has 1 fully saturated rings. The monoisotopic (exact) mass is 400 g/mol. The standard InChI is InChI=1S/C21H21ClN2O4/c1-14(15-6-3-2-4-7-15)23-19(25)13-28-21(27)16-9-10-17(22)18(12-16)24-11-5-8-20(24)26/h2-4,6-7,9-10,12,14H,5,8,11,13H2,1H3,(H,23,25)/t14-/m1/s1. The zero-order valence-electron chi connectivity index (χ0n) is 15.5. The van der Waals surface area contributed by atoms with Crippen LogP contribution in [0.25, 0.3) is 0 Å². The summed E-state index contributed by atoms with van der Waals surface area (Å²) in [4.78, 5) is 37.9. The number of anilines is 1. The summed E-state index contributed by atoms with van der Waals surface area (Å²) in [5, 5.41) is 3.17. The Morgan fingerprint density at radius 1 is 1.21 bits per heavy atom. The van der Waals surface area contributed by atoms with Crippen molar-refractivity contribution in [1.29, 1.82) is 0 Å². The average Bonchev–Trinajstić information content (AvgIpc) is 3.13. The van der Waals surface area contributed by atoms with Crippen LogP contribution in [0.15, 0.2) is 48.5 Å². The number of ether oxygens (including phenoxy) is 1. The summed E-state index contributed by atoms with van der Waals surface area (Å²) in [6.45, 7) is 2.03. The van der Waals surface area contributed by atoms with Gasteiger partial charge in [0.15, 0.2) is 6.61 Å². The lowest BCUT2D eigenvalue weighted by Gasteiger charge is -2.18. The molecule has 28 heavy (non-hydrogen) atoms. The zero-order valence-corrected chi connectivity index (χ0v) is 16.2. The van der Waals surface area contributed by atoms with Crippen molar-refractivity contribution in [3.8, 4) is 0 Å². The predicted octanol–water partition coefficient (Wildman–Crippen LogP) is 3.50. The fourth-order valence-corrected chi connectivity index (χ4v) is 3.29. The van der Waals surface area contributed by atoms with Crippen LogP contribution < -0.4 is 10.2 Å². The Morgan fingerprint density at radius 3 is 2.64 bits per heavy atom. The number of nitrogens with zero attached hydrogens (tertiary/aromatic N) is 1. The van der Waals surface area contributed by atoms with Gasteiger partial charge in [0.1, 0.15) is 0 Å². The molecule has 7 heteroatoms. The molecular formula is C21H21ClN2O4. The van der Waals surface area contributed by atoms with Gasteiger partial charge in [0.05, 0.1) is 22.3 Å². The molecule has 2 amide bonds. The van der Waals surface area contributed by atoms with Gasteiger partial charge in [0.25, 0.3) is 5.91 Å². The molecule has 0 aliphatic carbocycles. The molecule has 0 spiro atoms. The summed E-state index contributed by atoms with van der Waals surface area (Å²) < 4.78 is 5.11. The second-order valence-corrected chi connectivity index (χ2v) is 7.00. The van der Waals surface area contributed by atoms with E-state index in [1.807, 2.05) is 37.3 Å². The molecule has 1 atom stereocenters. The van der Waals surface area contributed by atoms with Gasteiger partial charge in [0.2, 0.25) is 5.91 Å². The largest absolute Gasteiger partial charge is 0.452 e. The maximum Gasteiger partial charge on any atom is 0.338 e. The van der Waals surface area contributed by atoms with Crippen molar-refractivity contribution < 1.29 is 19.1 Å². The highest BCUT2D eigenvalue weighted by Crippen LogP contribution is 2.30. The predicted molar refractivity (Wildman–Crippen MR) is 106 cm³/mol. The van der Waals surface area contributed by atoms with Gasteiger partial charge in [-0.15, -0.1) is 0 Å². The van der Waals surface area contributed by atoms with Crippen molar-refractivity contribution in [2.24, 2.45) is 0 Å². The summed E-state index contributed by atoms with van der Waals surface area (Å²) in [5.74, 6) is -1.07. The molecule has 0 radical (unpaired) electrons. The maximum atomic E-state index is 12.3. The Bertz CT molecular complexity index is 885. The van der Waals surface area contributed by atoms with E-state index in [0.29, 0.717) is 23.7 Å². The normalized spacial score (nSPS) is 14.6. The minimum Gasteiger partial charge on any atom is -0.452 e. The highest BCUT2D eigenvalue weighted by molar-refractivity contribution is 6.34. The van der Waals surface area contributed by atoms with E-state index >= 15 is 0 Å². The number of rotatable bonds is 6. The zero-order chi connectivity index (χ0) is 20.1. The number of halogens is 1. The van der Waals surface area contributed by atoms with E-state index in [9.17, 15) is 14.4 Å². The quantitative estimate of drug-likeness (QED) is 0.753. The van der Waals surface area contributed by atoms with Crippen LogP contribution in [0.3, 0.4) is 0 Å². The molecule has 0 aromatic heterocycles. The number of hydrogen-bond donors (Lipinski definition) is 1. The van der Waals surface area contributed by atoms with Gasteiger partial charge in [-0.2, -0.15) is 0 Å². The van der Waals surface area contributed by atoms with Crippen LogP contribution in [0.4, 0.5) is 5.69 Å². The number of carbonyl (C=O) groups excluding carboxylic acids is 3. The van der Waals surface area contributed by atoms with E-state index in [2.05, 4.69) is 5.32 Å². The molecule has 2 aromatic carbocycles. The molecule has 1 N–H and O–H groups in total. The fraction of sp³-hybridized carbons (Fsp3) is 0.286. The van der Waals surface area contributed by atoms with Gasteiger partial charge >= 0.3 is 5.97 Å². The molecule has 6 nitrogen and oxygen atoms in total. The second kappa shape index (κ2) is 8.89. The van der Waals surface area contributed by atoms with E-state index in [4.69, 9.17) is 16.3 Å². The summed E-state index contributed by atoms with van der Waals surface area (Å²) in [7, 11) is 0. The summed E-state index contributed by atoms with van der Waals surface area (Å²) in [5.41, 5.74) is 1.68. The molecule has 2 aromatic rings. The van der Waals surface area contributed by atoms with Crippen LogP contribution in [0, 0.1) is 0 Å². The molecule has 0 unspecified atom stereocenters. The lowest BCUT2D eigenvalue weighted by Crippen LogP contribution is -2.31. The highest BCUT2D eigenvalue weighted by Gasteiger charge is 2.25. The lowest BCUT2D eigenvalue weighted by molar-refractivity contribution is -0.124. The minimum atomic E-state index is -0.646. The third-order valence-corrected chi connectivity index (χ3v) is 4.88. The fourth-order valence-electron chi connectivity index (χ4n) is 3.07. The highest BCUT2D eigenvalue weighted by atomic mass is 35.5. The Labute approximate surface area is 168 Å². The first kappa shape index (κ1) is 19.9. The first-order valence-corrected chi connectivity index (χ1v) is 9.45. The second-order valence-electron chi connectivity index (χ2n) is 6.59. The van der Waals surface area contributed by atoms with Gasteiger partial charge in [-0.3, -0.25) is 9.59 Å². The molecule has 1 aliphatic rings. The summed E-state index contributed by atoms with van der Waals surface area (Å²) in [6, 6.07) is 13.9. The number of amides is 2. The van der Waals surface area contributed by atoms with Crippen LogP contribution in [0.1, 0.15) is 41.7 Å². The van der Waals surface area contributed by atoms with Gasteiger partial charge in [-0.05, 0) is 37.1 Å². The van der Waals surface area contributed by atoms with Gasteiger partial charge in [-0.25, -0.2) is 4.79 Å². The van der Waals surface area contributed by atoms with Crippen LogP contribution in [0.5, 0.6) is 0 Å². The van der Waals surface area contributed by atoms with E-state index in [1.165, 1.54) is 12.1 Å². The number of nitrogens with one attached hydrogen (secondary N) is 1. The van der Waals surface area contributed by atoms with Gasteiger partial charge < -0.3 is 15.0 Å². The Morgan fingerprint density at radius 2 is 1.96 bits per heavy atom. The number of benzene rings is 2. The molecule has 3 rings (SSSR count). The topological polar surface area (TPSA) is 75.7 Å². The van der Waals surface area contributed by atoms with E-state index < -0.39 is 18.5 Å². The Balaban J connectivity index is 1.59. The number of esters is 1. The molecular weight excluding hydrogens is 380 g/mol. The molecule has 1 aliphatic heterocycles. The number of carbonyl (C=O) groups is 3. The van der Waals surface area contributed by atoms with Crippen molar-refractivity contribution in [3.63, 3.8) is 0 Å². The van der Waals surface area contributed by atoms with E-state index in [-0.39, 0.29) is 17.5 Å². The van der Waals surface area contributed by atoms with Crippen LogP contribution in [0.2, 0.25) is 5.02 Å². The molecule has 1 saturated heterocycles. The van der Waals surface area contributed by atoms with Gasteiger partial charge in [0, 0.05) is 13.0 Å². The van der Waals surface area contributed by atoms with Crippen molar-refractivity contribution in [1.82, 2.24) is 5.32 Å². The van der Waals surface area contributed by atoms with Crippen molar-refractivity contribution in [2.45, 2.75) is 25.8 Å². The van der Waals surface area contributed by atoms with Crippen molar-refractivity contribution in [2.75, 3.05) is 18.1 Å². The third-order valence-electron chi connectivity index (χ3n) is 4.56. The third kappa shape index (κ3) is 4.70. The summed E-state index contributed by atoms with van der Waals surface area (Å²) >= 11 is 6.18. The maximum absolute atomic E-state index is 12.3. The van der Waals surface area contributed by atoms with E-state index in [1.54, 1.807) is 11.0 Å². The van der Waals surface area contributed by atoms with Crippen LogP contribution in [-0.4, -0.2) is 30.9 Å². The first-order chi connectivity index (χ1) is 13.5. The minimum absolute atomic E-state index is 0.0262. The van der Waals surface area contributed by atoms with Crippen molar-refractivity contribution >= 4 is 35.1 Å². The first-order valence-electron chi connectivity index (χ1n) is 9.07. The molecule has 0 saturated carbocycles. The average molecular weight is 401 g/mol. The molecule has 0 bridgehead atoms. The van der Waals surface area contributed by atoms with Crippen LogP contribution in [-0.2, 0) is 14.3 Å². The summed E-state index contributed by atoms with van der Waals surface area (Å²) in [6.07, 6.45) is 1.22.